The predicted molar refractivity (Wildman–Crippen MR) is 133 cm³/mol. The fraction of sp³-hybridized carbons (Fsp3) is 0.481. The second-order valence-corrected chi connectivity index (χ2v) is 11.6. The van der Waals surface area contributed by atoms with Crippen LogP contribution in [0.25, 0.3) is 0 Å². The summed E-state index contributed by atoms with van der Waals surface area (Å²) < 4.78 is 35.1. The summed E-state index contributed by atoms with van der Waals surface area (Å²) in [5.41, 5.74) is 4.89. The molecule has 0 radical (unpaired) electrons. The number of benzene rings is 2. The van der Waals surface area contributed by atoms with Crippen molar-refractivity contribution in [3.05, 3.63) is 63.7 Å². The molecule has 2 heterocycles. The van der Waals surface area contributed by atoms with Crippen LogP contribution in [0.3, 0.4) is 0 Å². The van der Waals surface area contributed by atoms with Crippen LogP contribution in [-0.4, -0.2) is 54.7 Å². The van der Waals surface area contributed by atoms with Crippen LogP contribution in [0.2, 0.25) is 0 Å². The first-order valence-electron chi connectivity index (χ1n) is 12.2. The van der Waals surface area contributed by atoms with Crippen LogP contribution in [0, 0.1) is 27.7 Å². The molecule has 1 fully saturated rings. The first-order chi connectivity index (χ1) is 16.5. The van der Waals surface area contributed by atoms with Crippen LogP contribution in [-0.2, 0) is 37.3 Å². The van der Waals surface area contributed by atoms with Gasteiger partial charge in [-0.05, 0) is 80.8 Å². The van der Waals surface area contributed by atoms with E-state index >= 15 is 0 Å². The number of ether oxygens (including phenoxy) is 1. The standard InChI is InChI=1S/C27H34N2O5S/c1-17-14-18(2)20(4)25(19(17)3)35(32,33)29-16-23-11-7-6-10-22(23)15-24(29)27(31)34-21(5)26(30)28-12-8-9-13-28/h6-7,10-11,14,21,24H,8-9,12-13,15-16H2,1-5H3/t21-,24-/m0/s1. The topological polar surface area (TPSA) is 84.0 Å². The van der Waals surface area contributed by atoms with E-state index < -0.39 is 28.1 Å². The van der Waals surface area contributed by atoms with Crippen LogP contribution in [0.15, 0.2) is 35.2 Å². The Kier molecular flexibility index (Phi) is 7.06. The lowest BCUT2D eigenvalue weighted by Crippen LogP contribution is -2.51. The third kappa shape index (κ3) is 4.74. The second-order valence-electron chi connectivity index (χ2n) is 9.74. The first kappa shape index (κ1) is 25.4. The Hall–Kier alpha value is -2.71. The van der Waals surface area contributed by atoms with Gasteiger partial charge in [0.1, 0.15) is 6.04 Å². The number of amides is 1. The molecule has 0 spiro atoms. The Morgan fingerprint density at radius 1 is 0.971 bits per heavy atom. The van der Waals surface area contributed by atoms with E-state index in [-0.39, 0.29) is 23.8 Å². The van der Waals surface area contributed by atoms with Crippen molar-refractivity contribution in [2.45, 2.75) is 77.5 Å². The van der Waals surface area contributed by atoms with Gasteiger partial charge >= 0.3 is 5.97 Å². The Labute approximate surface area is 208 Å². The lowest BCUT2D eigenvalue weighted by Gasteiger charge is -2.36. The number of aryl methyl sites for hydroxylation is 2. The SMILES string of the molecule is Cc1cc(C)c(C)c(S(=O)(=O)N2Cc3ccccc3C[C@H]2C(=O)O[C@@H](C)C(=O)N2CCCC2)c1C. The van der Waals surface area contributed by atoms with E-state index in [0.717, 1.165) is 35.1 Å². The van der Waals surface area contributed by atoms with Crippen molar-refractivity contribution >= 4 is 21.9 Å². The maximum atomic E-state index is 14.1. The molecule has 1 amide bonds. The molecule has 0 unspecified atom stereocenters. The number of esters is 1. The monoisotopic (exact) mass is 498 g/mol. The van der Waals surface area contributed by atoms with Gasteiger partial charge in [-0.2, -0.15) is 4.31 Å². The van der Waals surface area contributed by atoms with Crippen LogP contribution in [0.1, 0.15) is 53.1 Å². The van der Waals surface area contributed by atoms with Crippen LogP contribution in [0.4, 0.5) is 0 Å². The zero-order valence-electron chi connectivity index (χ0n) is 21.1. The third-order valence-electron chi connectivity index (χ3n) is 7.40. The number of hydrogen-bond donors (Lipinski definition) is 0. The molecule has 0 aliphatic carbocycles. The van der Waals surface area contributed by atoms with Gasteiger partial charge in [0.15, 0.2) is 6.10 Å². The third-order valence-corrected chi connectivity index (χ3v) is 9.53. The van der Waals surface area contributed by atoms with Gasteiger partial charge in [-0.1, -0.05) is 30.3 Å². The Bertz CT molecular complexity index is 1240. The lowest BCUT2D eigenvalue weighted by molar-refractivity contribution is -0.162. The molecule has 0 N–H and O–H groups in total. The molecular formula is C27H34N2O5S. The summed E-state index contributed by atoms with van der Waals surface area (Å²) in [4.78, 5) is 28.1. The zero-order chi connectivity index (χ0) is 25.5. The van der Waals surface area contributed by atoms with Crippen molar-refractivity contribution in [2.75, 3.05) is 13.1 Å². The fourth-order valence-corrected chi connectivity index (χ4v) is 7.27. The highest BCUT2D eigenvalue weighted by molar-refractivity contribution is 7.89. The molecule has 35 heavy (non-hydrogen) atoms. The molecule has 2 aromatic rings. The number of hydrogen-bond acceptors (Lipinski definition) is 5. The van der Waals surface area contributed by atoms with Gasteiger partial charge in [0.25, 0.3) is 5.91 Å². The number of carbonyl (C=O) groups is 2. The molecule has 0 bridgehead atoms. The largest absolute Gasteiger partial charge is 0.451 e. The minimum atomic E-state index is -4.04. The van der Waals surface area contributed by atoms with Crippen molar-refractivity contribution in [1.82, 2.24) is 9.21 Å². The number of nitrogens with zero attached hydrogens (tertiary/aromatic N) is 2. The summed E-state index contributed by atoms with van der Waals surface area (Å²) in [7, 11) is -4.04. The molecule has 2 aromatic carbocycles. The van der Waals surface area contributed by atoms with Gasteiger partial charge in [-0.3, -0.25) is 9.59 Å². The van der Waals surface area contributed by atoms with E-state index in [1.165, 1.54) is 4.31 Å². The van der Waals surface area contributed by atoms with E-state index in [9.17, 15) is 18.0 Å². The second kappa shape index (κ2) is 9.74. The average Bonchev–Trinajstić information content (AvgIpc) is 3.36. The van der Waals surface area contributed by atoms with Crippen LogP contribution in [0.5, 0.6) is 0 Å². The highest BCUT2D eigenvalue weighted by Gasteiger charge is 2.43. The molecule has 4 rings (SSSR count). The zero-order valence-corrected chi connectivity index (χ0v) is 21.9. The predicted octanol–water partition coefficient (Wildman–Crippen LogP) is 3.59. The summed E-state index contributed by atoms with van der Waals surface area (Å²) in [6.07, 6.45) is 1.10. The van der Waals surface area contributed by atoms with Gasteiger partial charge < -0.3 is 9.64 Å². The molecule has 8 heteroatoms. The number of carbonyl (C=O) groups excluding carboxylic acids is 2. The van der Waals surface area contributed by atoms with Crippen molar-refractivity contribution in [2.24, 2.45) is 0 Å². The molecule has 0 saturated carbocycles. The highest BCUT2D eigenvalue weighted by atomic mass is 32.2. The van der Waals surface area contributed by atoms with Gasteiger partial charge in [0, 0.05) is 26.1 Å². The minimum Gasteiger partial charge on any atom is -0.451 e. The average molecular weight is 499 g/mol. The van der Waals surface area contributed by atoms with Gasteiger partial charge in [0.2, 0.25) is 10.0 Å². The van der Waals surface area contributed by atoms with E-state index in [1.54, 1.807) is 25.7 Å². The van der Waals surface area contributed by atoms with E-state index in [0.29, 0.717) is 24.2 Å². The molecule has 7 nitrogen and oxygen atoms in total. The Morgan fingerprint density at radius 3 is 2.14 bits per heavy atom. The molecule has 2 atom stereocenters. The quantitative estimate of drug-likeness (QED) is 0.589. The Morgan fingerprint density at radius 2 is 1.54 bits per heavy atom. The molecule has 1 saturated heterocycles. The number of fused-ring (bicyclic) bond motifs is 1. The van der Waals surface area contributed by atoms with Crippen molar-refractivity contribution in [3.63, 3.8) is 0 Å². The van der Waals surface area contributed by atoms with E-state index in [2.05, 4.69) is 0 Å². The smallest absolute Gasteiger partial charge is 0.325 e. The molecule has 2 aliphatic rings. The maximum Gasteiger partial charge on any atom is 0.325 e. The summed E-state index contributed by atoms with van der Waals surface area (Å²) in [6.45, 7) is 10.3. The minimum absolute atomic E-state index is 0.0681. The summed E-state index contributed by atoms with van der Waals surface area (Å²) >= 11 is 0. The summed E-state index contributed by atoms with van der Waals surface area (Å²) in [5.74, 6) is -0.926. The molecule has 2 aliphatic heterocycles. The number of rotatable bonds is 5. The van der Waals surface area contributed by atoms with Crippen LogP contribution >= 0.6 is 0 Å². The molecule has 188 valence electrons. The van der Waals surface area contributed by atoms with Gasteiger partial charge in [0.05, 0.1) is 4.90 Å². The Balaban J connectivity index is 1.71. The van der Waals surface area contributed by atoms with E-state index in [1.807, 2.05) is 44.2 Å². The first-order valence-corrected chi connectivity index (χ1v) is 13.6. The maximum absolute atomic E-state index is 14.1. The molecule has 0 aromatic heterocycles. The van der Waals surface area contributed by atoms with Gasteiger partial charge in [-0.25, -0.2) is 8.42 Å². The fourth-order valence-electron chi connectivity index (χ4n) is 5.14. The van der Waals surface area contributed by atoms with Crippen molar-refractivity contribution < 1.29 is 22.7 Å². The van der Waals surface area contributed by atoms with Crippen LogP contribution < -0.4 is 0 Å². The molecular weight excluding hydrogens is 464 g/mol. The van der Waals surface area contributed by atoms with E-state index in [4.69, 9.17) is 4.74 Å². The normalized spacial score (nSPS) is 19.3. The van der Waals surface area contributed by atoms with Gasteiger partial charge in [-0.15, -0.1) is 0 Å². The lowest BCUT2D eigenvalue weighted by atomic mass is 9.96. The highest BCUT2D eigenvalue weighted by Crippen LogP contribution is 2.34. The number of likely N-dealkylation sites (tertiary alicyclic amines) is 1. The summed E-state index contributed by atoms with van der Waals surface area (Å²) in [5, 5.41) is 0. The summed E-state index contributed by atoms with van der Waals surface area (Å²) in [6, 6.07) is 8.47. The number of sulfonamides is 1. The van der Waals surface area contributed by atoms with Crippen molar-refractivity contribution in [1.29, 1.82) is 0 Å². The van der Waals surface area contributed by atoms with Crippen molar-refractivity contribution in [3.8, 4) is 0 Å².